The van der Waals surface area contributed by atoms with Gasteiger partial charge >= 0.3 is 0 Å². The Labute approximate surface area is 273 Å². The summed E-state index contributed by atoms with van der Waals surface area (Å²) >= 11 is 0. The van der Waals surface area contributed by atoms with Gasteiger partial charge < -0.3 is 14.2 Å². The number of fused-ring (bicyclic) bond motifs is 9. The number of imidazole rings is 1. The predicted molar refractivity (Wildman–Crippen MR) is 194 cm³/mol. The Kier molecular flexibility index (Phi) is 4.90. The molecule has 11 rings (SSSR count). The van der Waals surface area contributed by atoms with E-state index in [0.29, 0.717) is 11.0 Å². The highest BCUT2D eigenvalue weighted by Crippen LogP contribution is 2.53. The highest BCUT2D eigenvalue weighted by Gasteiger charge is 2.30. The number of hydrogen-bond donors (Lipinski definition) is 0. The van der Waals surface area contributed by atoms with E-state index in [1.165, 1.54) is 10.8 Å². The topological polar surface area (TPSA) is 51.8 Å². The molecule has 224 valence electrons. The van der Waals surface area contributed by atoms with E-state index in [1.807, 2.05) is 66.7 Å². The van der Waals surface area contributed by atoms with E-state index in [1.54, 1.807) is 4.40 Å². The number of rotatable bonds is 2. The lowest BCUT2D eigenvalue weighted by molar-refractivity contribution is 0.477. The second-order valence-corrected chi connectivity index (χ2v) is 12.3. The van der Waals surface area contributed by atoms with E-state index < -0.39 is 0 Å². The molecule has 10 aromatic rings. The Morgan fingerprint density at radius 1 is 0.458 bits per heavy atom. The van der Waals surface area contributed by atoms with Crippen molar-refractivity contribution in [2.45, 2.75) is 0 Å². The third kappa shape index (κ3) is 3.20. The van der Waals surface area contributed by atoms with Crippen molar-refractivity contribution in [2.75, 3.05) is 4.90 Å². The molecular formula is C42H24N4O2. The summed E-state index contributed by atoms with van der Waals surface area (Å²) < 4.78 is 10.5. The van der Waals surface area contributed by atoms with Crippen LogP contribution in [0, 0.1) is 0 Å². The summed E-state index contributed by atoms with van der Waals surface area (Å²) in [5.74, 6) is 1.54. The van der Waals surface area contributed by atoms with Gasteiger partial charge in [-0.1, -0.05) is 72.8 Å². The summed E-state index contributed by atoms with van der Waals surface area (Å²) in [6.45, 7) is 0. The van der Waals surface area contributed by atoms with Crippen LogP contribution in [0.4, 0.5) is 17.1 Å². The molecule has 0 atom stereocenters. The van der Waals surface area contributed by atoms with Gasteiger partial charge in [0.15, 0.2) is 11.5 Å². The molecule has 0 amide bonds. The molecular weight excluding hydrogens is 592 g/mol. The second kappa shape index (κ2) is 9.21. The highest BCUT2D eigenvalue weighted by molar-refractivity contribution is 6.23. The van der Waals surface area contributed by atoms with Gasteiger partial charge in [0.25, 0.3) is 5.56 Å². The van der Waals surface area contributed by atoms with Gasteiger partial charge in [-0.3, -0.25) is 9.20 Å². The van der Waals surface area contributed by atoms with Crippen LogP contribution in [0.3, 0.4) is 0 Å². The molecule has 0 unspecified atom stereocenters. The van der Waals surface area contributed by atoms with E-state index in [4.69, 9.17) is 9.72 Å². The van der Waals surface area contributed by atoms with Crippen LogP contribution in [-0.4, -0.2) is 14.0 Å². The van der Waals surface area contributed by atoms with E-state index >= 15 is 0 Å². The van der Waals surface area contributed by atoms with Crippen LogP contribution < -0.4 is 15.2 Å². The molecule has 6 nitrogen and oxygen atoms in total. The van der Waals surface area contributed by atoms with Gasteiger partial charge in [-0.05, 0) is 72.8 Å². The maximum atomic E-state index is 14.6. The average molecular weight is 617 g/mol. The minimum Gasteiger partial charge on any atom is -0.453 e. The maximum absolute atomic E-state index is 14.6. The van der Waals surface area contributed by atoms with Gasteiger partial charge in [0.1, 0.15) is 5.65 Å². The van der Waals surface area contributed by atoms with E-state index in [2.05, 4.69) is 88.3 Å². The van der Waals surface area contributed by atoms with Gasteiger partial charge in [-0.25, -0.2) is 4.98 Å². The highest BCUT2D eigenvalue weighted by atomic mass is 16.5. The van der Waals surface area contributed by atoms with Crippen LogP contribution in [0.5, 0.6) is 11.5 Å². The molecule has 4 heterocycles. The minimum atomic E-state index is -0.0788. The van der Waals surface area contributed by atoms with Crippen LogP contribution in [0.1, 0.15) is 0 Å². The quantitative estimate of drug-likeness (QED) is 0.194. The second-order valence-electron chi connectivity index (χ2n) is 12.3. The fourth-order valence-electron chi connectivity index (χ4n) is 7.88. The van der Waals surface area contributed by atoms with E-state index in [0.717, 1.165) is 72.5 Å². The Hall–Kier alpha value is -6.66. The molecule has 48 heavy (non-hydrogen) atoms. The molecule has 0 fully saturated rings. The van der Waals surface area contributed by atoms with Crippen LogP contribution in [0.25, 0.3) is 65.7 Å². The van der Waals surface area contributed by atoms with Crippen LogP contribution in [-0.2, 0) is 0 Å². The minimum absolute atomic E-state index is 0.0788. The van der Waals surface area contributed by atoms with Gasteiger partial charge in [-0.15, -0.1) is 0 Å². The van der Waals surface area contributed by atoms with Crippen molar-refractivity contribution in [2.24, 2.45) is 0 Å². The standard InChI is InChI=1S/C42H24N4O2/c47-42-28-22-24-35(44-30-14-4-1-11-25(30)26-12-2-5-15-31(26)44)40-36(45-33-17-7-9-19-37(33)48-38-20-10-8-18-34(38)45)23-21-27(39(28)40)41-43-29-13-3-6-16-32(29)46(41)42/h1-24H. The molecule has 1 aliphatic rings. The zero-order valence-corrected chi connectivity index (χ0v) is 25.5. The largest absolute Gasteiger partial charge is 0.453 e. The van der Waals surface area contributed by atoms with Gasteiger partial charge in [-0.2, -0.15) is 0 Å². The maximum Gasteiger partial charge on any atom is 0.264 e. The first-order valence-electron chi connectivity index (χ1n) is 16.0. The first kappa shape index (κ1) is 25.5. The zero-order chi connectivity index (χ0) is 31.5. The third-order valence-electron chi connectivity index (χ3n) is 9.85. The average Bonchev–Trinajstić information content (AvgIpc) is 3.69. The van der Waals surface area contributed by atoms with Crippen LogP contribution in [0.15, 0.2) is 150 Å². The summed E-state index contributed by atoms with van der Waals surface area (Å²) in [5.41, 5.74) is 8.18. The van der Waals surface area contributed by atoms with Gasteiger partial charge in [0.05, 0.1) is 44.8 Å². The third-order valence-corrected chi connectivity index (χ3v) is 9.85. The van der Waals surface area contributed by atoms with Crippen molar-refractivity contribution in [1.82, 2.24) is 14.0 Å². The van der Waals surface area contributed by atoms with Crippen molar-refractivity contribution in [3.63, 3.8) is 0 Å². The van der Waals surface area contributed by atoms with Gasteiger partial charge in [0.2, 0.25) is 0 Å². The molecule has 0 saturated heterocycles. The normalized spacial score (nSPS) is 12.8. The summed E-state index contributed by atoms with van der Waals surface area (Å²) in [4.78, 5) is 21.9. The Bertz CT molecular complexity index is 2930. The summed E-state index contributed by atoms with van der Waals surface area (Å²) in [5, 5.41) is 5.79. The molecule has 0 N–H and O–H groups in total. The Morgan fingerprint density at radius 2 is 1.02 bits per heavy atom. The van der Waals surface area contributed by atoms with Crippen molar-refractivity contribution >= 4 is 77.1 Å². The lowest BCUT2D eigenvalue weighted by Crippen LogP contribution is -2.18. The molecule has 1 aliphatic heterocycles. The van der Waals surface area contributed by atoms with Crippen LogP contribution >= 0.6 is 0 Å². The number of pyridine rings is 1. The predicted octanol–water partition coefficient (Wildman–Crippen LogP) is 10.3. The van der Waals surface area contributed by atoms with E-state index in [9.17, 15) is 4.79 Å². The van der Waals surface area contributed by atoms with Crippen LogP contribution in [0.2, 0.25) is 0 Å². The van der Waals surface area contributed by atoms with Crippen molar-refractivity contribution in [1.29, 1.82) is 0 Å². The fourth-order valence-corrected chi connectivity index (χ4v) is 7.88. The van der Waals surface area contributed by atoms with Crippen molar-refractivity contribution in [3.8, 4) is 17.2 Å². The Balaban J connectivity index is 1.38. The number of hydrogen-bond acceptors (Lipinski definition) is 4. The number of aromatic nitrogens is 3. The molecule has 0 radical (unpaired) electrons. The Morgan fingerprint density at radius 3 is 1.73 bits per heavy atom. The first-order chi connectivity index (χ1) is 23.8. The number of nitrogens with zero attached hydrogens (tertiary/aromatic N) is 4. The monoisotopic (exact) mass is 616 g/mol. The first-order valence-corrected chi connectivity index (χ1v) is 16.0. The molecule has 0 bridgehead atoms. The number of para-hydroxylation sites is 8. The number of anilines is 3. The fraction of sp³-hybridized carbons (Fsp3) is 0. The lowest BCUT2D eigenvalue weighted by Gasteiger charge is -2.34. The molecule has 0 saturated carbocycles. The molecule has 0 aliphatic carbocycles. The molecule has 7 aromatic carbocycles. The zero-order valence-electron chi connectivity index (χ0n) is 25.5. The smallest absolute Gasteiger partial charge is 0.264 e. The lowest BCUT2D eigenvalue weighted by atomic mass is 9.97. The van der Waals surface area contributed by atoms with E-state index in [-0.39, 0.29) is 5.56 Å². The molecule has 6 heteroatoms. The SMILES string of the molecule is O=c1c2ccc(-n3c4ccccc4c4ccccc43)c3c(N4c5ccccc5Oc5ccccc54)ccc(c32)c2nc3ccccc3n12. The molecule has 3 aromatic heterocycles. The van der Waals surface area contributed by atoms with Crippen molar-refractivity contribution < 1.29 is 4.74 Å². The summed E-state index contributed by atoms with van der Waals surface area (Å²) in [6, 6.07) is 49.6. The number of benzene rings is 7. The summed E-state index contributed by atoms with van der Waals surface area (Å²) in [6.07, 6.45) is 0. The summed E-state index contributed by atoms with van der Waals surface area (Å²) in [7, 11) is 0. The number of ether oxygens (including phenoxy) is 1. The van der Waals surface area contributed by atoms with Gasteiger partial charge in [0, 0.05) is 32.3 Å². The molecule has 0 spiro atoms. The van der Waals surface area contributed by atoms with Crippen molar-refractivity contribution in [3.05, 3.63) is 156 Å².